The van der Waals surface area contributed by atoms with E-state index in [2.05, 4.69) is 45.9 Å². The van der Waals surface area contributed by atoms with Gasteiger partial charge in [-0.25, -0.2) is 0 Å². The highest BCUT2D eigenvalue weighted by Gasteiger charge is 2.10. The van der Waals surface area contributed by atoms with Crippen molar-refractivity contribution in [2.45, 2.75) is 33.4 Å². The fourth-order valence-corrected chi connectivity index (χ4v) is 2.86. The number of H-pyrrole nitrogens is 1. The molecule has 0 radical (unpaired) electrons. The van der Waals surface area contributed by atoms with Crippen molar-refractivity contribution >= 4 is 22.5 Å². The number of aromatic amines is 1. The highest BCUT2D eigenvalue weighted by Crippen LogP contribution is 2.17. The van der Waals surface area contributed by atoms with Crippen molar-refractivity contribution in [2.75, 3.05) is 5.32 Å². The molecular weight excluding hydrogens is 310 g/mol. The van der Waals surface area contributed by atoms with Crippen LogP contribution in [0.4, 0.5) is 5.69 Å². The molecule has 0 bridgehead atoms. The largest absolute Gasteiger partial charge is 0.361 e. The lowest BCUT2D eigenvalue weighted by molar-refractivity contribution is -0.119. The van der Waals surface area contributed by atoms with Crippen LogP contribution in [0, 0.1) is 5.92 Å². The maximum Gasteiger partial charge on any atom is 0.227 e. The monoisotopic (exact) mass is 335 g/mol. The number of amides is 1. The lowest BCUT2D eigenvalue weighted by Gasteiger charge is -2.11. The molecule has 3 aromatic rings. The fourth-order valence-electron chi connectivity index (χ4n) is 2.86. The number of fused-ring (bicyclic) bond motifs is 1. The Hall–Kier alpha value is -2.59. The van der Waals surface area contributed by atoms with Crippen LogP contribution < -0.4 is 10.6 Å². The van der Waals surface area contributed by atoms with E-state index in [0.717, 1.165) is 36.3 Å². The van der Waals surface area contributed by atoms with Crippen molar-refractivity contribution in [1.29, 1.82) is 0 Å². The van der Waals surface area contributed by atoms with Gasteiger partial charge < -0.3 is 15.6 Å². The fraction of sp³-hybridized carbons (Fsp3) is 0.286. The summed E-state index contributed by atoms with van der Waals surface area (Å²) in [5, 5.41) is 7.73. The summed E-state index contributed by atoms with van der Waals surface area (Å²) < 4.78 is 0. The molecule has 2 aromatic carbocycles. The summed E-state index contributed by atoms with van der Waals surface area (Å²) in [7, 11) is 0. The predicted molar refractivity (Wildman–Crippen MR) is 103 cm³/mol. The Morgan fingerprint density at radius 1 is 1.12 bits per heavy atom. The molecule has 0 saturated heterocycles. The van der Waals surface area contributed by atoms with Gasteiger partial charge in [0.1, 0.15) is 0 Å². The van der Waals surface area contributed by atoms with Crippen LogP contribution in [0.2, 0.25) is 0 Å². The van der Waals surface area contributed by atoms with E-state index in [4.69, 9.17) is 0 Å². The third kappa shape index (κ3) is 4.28. The second kappa shape index (κ2) is 7.99. The molecule has 1 atom stereocenters. The Morgan fingerprint density at radius 3 is 2.80 bits per heavy atom. The first-order valence-corrected chi connectivity index (χ1v) is 8.83. The highest BCUT2D eigenvalue weighted by atomic mass is 16.1. The van der Waals surface area contributed by atoms with E-state index in [1.165, 1.54) is 10.9 Å². The maximum atomic E-state index is 12.0. The minimum absolute atomic E-state index is 0.0311. The zero-order chi connectivity index (χ0) is 17.6. The molecule has 1 heterocycles. The smallest absolute Gasteiger partial charge is 0.227 e. The summed E-state index contributed by atoms with van der Waals surface area (Å²) in [6.07, 6.45) is 2.81. The van der Waals surface area contributed by atoms with Gasteiger partial charge in [0.2, 0.25) is 5.91 Å². The van der Waals surface area contributed by atoms with Crippen LogP contribution in [0.5, 0.6) is 0 Å². The maximum absolute atomic E-state index is 12.0. The molecule has 25 heavy (non-hydrogen) atoms. The van der Waals surface area contributed by atoms with Gasteiger partial charge in [-0.2, -0.15) is 0 Å². The van der Waals surface area contributed by atoms with Crippen LogP contribution in [0.1, 0.15) is 31.4 Å². The standard InChI is InChI=1S/C21H25N3O/c1-3-15(2)21(25)24-18-8-4-6-16(12-18)13-22-14-17-7-5-9-20-19(17)10-11-23-20/h4-12,15,22-23H,3,13-14H2,1-2H3,(H,24,25). The Morgan fingerprint density at radius 2 is 1.96 bits per heavy atom. The molecule has 1 amide bonds. The first kappa shape index (κ1) is 17.2. The molecule has 0 aliphatic carbocycles. The number of carbonyl (C=O) groups is 1. The van der Waals surface area contributed by atoms with E-state index in [1.807, 2.05) is 38.2 Å². The van der Waals surface area contributed by atoms with Crippen LogP contribution >= 0.6 is 0 Å². The van der Waals surface area contributed by atoms with Crippen LogP contribution in [0.15, 0.2) is 54.7 Å². The quantitative estimate of drug-likeness (QED) is 0.598. The molecule has 3 N–H and O–H groups in total. The summed E-state index contributed by atoms with van der Waals surface area (Å²) in [6, 6.07) is 16.4. The molecule has 130 valence electrons. The number of hydrogen-bond donors (Lipinski definition) is 3. The third-order valence-electron chi connectivity index (χ3n) is 4.58. The molecule has 4 nitrogen and oxygen atoms in total. The van der Waals surface area contributed by atoms with Crippen LogP contribution in [0.25, 0.3) is 10.9 Å². The Bertz CT molecular complexity index is 853. The molecular formula is C21H25N3O. The normalized spacial score (nSPS) is 12.2. The Kier molecular flexibility index (Phi) is 5.51. The zero-order valence-electron chi connectivity index (χ0n) is 14.8. The van der Waals surface area contributed by atoms with E-state index in [1.54, 1.807) is 0 Å². The summed E-state index contributed by atoms with van der Waals surface area (Å²) in [5.74, 6) is 0.107. The van der Waals surface area contributed by atoms with Crippen molar-refractivity contribution in [3.05, 3.63) is 65.9 Å². The lowest BCUT2D eigenvalue weighted by Crippen LogP contribution is -2.20. The van der Waals surface area contributed by atoms with E-state index >= 15 is 0 Å². The number of benzene rings is 2. The van der Waals surface area contributed by atoms with Gasteiger partial charge in [-0.05, 0) is 41.8 Å². The number of anilines is 1. The Balaban J connectivity index is 1.59. The number of aromatic nitrogens is 1. The van der Waals surface area contributed by atoms with Crippen molar-refractivity contribution in [2.24, 2.45) is 5.92 Å². The number of carbonyl (C=O) groups excluding carboxylic acids is 1. The van der Waals surface area contributed by atoms with Crippen molar-refractivity contribution in [3.63, 3.8) is 0 Å². The topological polar surface area (TPSA) is 56.9 Å². The molecule has 0 saturated carbocycles. The van der Waals surface area contributed by atoms with Crippen molar-refractivity contribution in [3.8, 4) is 0 Å². The van der Waals surface area contributed by atoms with Gasteiger partial charge in [-0.15, -0.1) is 0 Å². The summed E-state index contributed by atoms with van der Waals surface area (Å²) >= 11 is 0. The van der Waals surface area contributed by atoms with Crippen molar-refractivity contribution < 1.29 is 4.79 Å². The number of nitrogens with one attached hydrogen (secondary N) is 3. The third-order valence-corrected chi connectivity index (χ3v) is 4.58. The first-order valence-electron chi connectivity index (χ1n) is 8.83. The zero-order valence-corrected chi connectivity index (χ0v) is 14.8. The van der Waals surface area contributed by atoms with Crippen LogP contribution in [-0.2, 0) is 17.9 Å². The van der Waals surface area contributed by atoms with E-state index in [0.29, 0.717) is 0 Å². The van der Waals surface area contributed by atoms with Gasteiger partial charge in [0.05, 0.1) is 0 Å². The summed E-state index contributed by atoms with van der Waals surface area (Å²) in [5.41, 5.74) is 4.45. The number of hydrogen-bond acceptors (Lipinski definition) is 2. The molecule has 0 spiro atoms. The van der Waals surface area contributed by atoms with Gasteiger partial charge in [-0.3, -0.25) is 4.79 Å². The van der Waals surface area contributed by atoms with Crippen LogP contribution in [-0.4, -0.2) is 10.9 Å². The van der Waals surface area contributed by atoms with E-state index in [9.17, 15) is 4.79 Å². The van der Waals surface area contributed by atoms with Gasteiger partial charge in [0, 0.05) is 41.8 Å². The van der Waals surface area contributed by atoms with Gasteiger partial charge in [-0.1, -0.05) is 38.1 Å². The SMILES string of the molecule is CCC(C)C(=O)Nc1cccc(CNCc2cccc3[nH]ccc23)c1. The lowest BCUT2D eigenvalue weighted by atomic mass is 10.1. The molecule has 0 aliphatic heterocycles. The molecule has 1 unspecified atom stereocenters. The van der Waals surface area contributed by atoms with Crippen LogP contribution in [0.3, 0.4) is 0 Å². The summed E-state index contributed by atoms with van der Waals surface area (Å²) in [4.78, 5) is 15.3. The van der Waals surface area contributed by atoms with Gasteiger partial charge >= 0.3 is 0 Å². The van der Waals surface area contributed by atoms with E-state index < -0.39 is 0 Å². The predicted octanol–water partition coefficient (Wildman–Crippen LogP) is 4.44. The van der Waals surface area contributed by atoms with E-state index in [-0.39, 0.29) is 11.8 Å². The average molecular weight is 335 g/mol. The van der Waals surface area contributed by atoms with Gasteiger partial charge in [0.15, 0.2) is 0 Å². The van der Waals surface area contributed by atoms with Gasteiger partial charge in [0.25, 0.3) is 0 Å². The molecule has 0 fully saturated rings. The molecule has 4 heteroatoms. The minimum atomic E-state index is 0.0311. The second-order valence-electron chi connectivity index (χ2n) is 6.46. The minimum Gasteiger partial charge on any atom is -0.361 e. The first-order chi connectivity index (χ1) is 12.2. The second-order valence-corrected chi connectivity index (χ2v) is 6.46. The highest BCUT2D eigenvalue weighted by molar-refractivity contribution is 5.92. The average Bonchev–Trinajstić information content (AvgIpc) is 3.11. The molecule has 0 aliphatic rings. The Labute approximate surface area is 148 Å². The van der Waals surface area contributed by atoms with Crippen molar-refractivity contribution in [1.82, 2.24) is 10.3 Å². The summed E-state index contributed by atoms with van der Waals surface area (Å²) in [6.45, 7) is 5.53. The molecule has 1 aromatic heterocycles. The molecule has 3 rings (SSSR count). The number of rotatable bonds is 7.